The van der Waals surface area contributed by atoms with Crippen LogP contribution in [0.4, 0.5) is 5.69 Å². The van der Waals surface area contributed by atoms with E-state index in [-0.39, 0.29) is 5.56 Å². The zero-order valence-corrected chi connectivity index (χ0v) is 18.0. The number of aromatic nitrogens is 2. The van der Waals surface area contributed by atoms with Crippen LogP contribution in [0.15, 0.2) is 35.1 Å². The molecule has 3 aromatic rings. The number of benzene rings is 1. The number of aryl methyl sites for hydroxylation is 1. The van der Waals surface area contributed by atoms with Crippen molar-refractivity contribution in [2.75, 3.05) is 37.7 Å². The molecule has 0 unspecified atom stereocenters. The molecule has 7 heteroatoms. The fourth-order valence-electron chi connectivity index (χ4n) is 4.33. The van der Waals surface area contributed by atoms with E-state index in [0.717, 1.165) is 72.1 Å². The van der Waals surface area contributed by atoms with E-state index in [9.17, 15) is 4.79 Å². The first-order chi connectivity index (χ1) is 14.7. The number of anilines is 1. The average Bonchev–Trinajstić information content (AvgIpc) is 3.14. The summed E-state index contributed by atoms with van der Waals surface area (Å²) in [5, 5.41) is 0.757. The number of para-hydroxylation sites is 2. The Bertz CT molecular complexity index is 1140. The van der Waals surface area contributed by atoms with E-state index in [0.29, 0.717) is 13.2 Å². The number of H-pyrrole nitrogens is 1. The number of hydrogen-bond donors (Lipinski definition) is 1. The largest absolute Gasteiger partial charge is 0.492 e. The van der Waals surface area contributed by atoms with Gasteiger partial charge in [-0.15, -0.1) is 11.3 Å². The van der Waals surface area contributed by atoms with Crippen LogP contribution < -0.4 is 15.2 Å². The maximum absolute atomic E-state index is 12.7. The Kier molecular flexibility index (Phi) is 5.31. The second-order valence-electron chi connectivity index (χ2n) is 7.74. The molecule has 1 N–H and O–H groups in total. The van der Waals surface area contributed by atoms with Gasteiger partial charge in [0, 0.05) is 36.6 Å². The van der Waals surface area contributed by atoms with Crippen LogP contribution in [0.5, 0.6) is 5.75 Å². The minimum atomic E-state index is -0.0108. The van der Waals surface area contributed by atoms with Crippen LogP contribution in [0.25, 0.3) is 16.3 Å². The number of piperazine rings is 1. The van der Waals surface area contributed by atoms with Crippen LogP contribution in [-0.2, 0) is 13.0 Å². The molecule has 0 amide bonds. The predicted octanol–water partition coefficient (Wildman–Crippen LogP) is 3.66. The van der Waals surface area contributed by atoms with Gasteiger partial charge in [0.1, 0.15) is 16.4 Å². The summed E-state index contributed by atoms with van der Waals surface area (Å²) in [6.45, 7) is 7.05. The van der Waals surface area contributed by atoms with E-state index >= 15 is 0 Å². The highest BCUT2D eigenvalue weighted by molar-refractivity contribution is 7.19. The molecule has 1 aliphatic carbocycles. The van der Waals surface area contributed by atoms with Crippen molar-refractivity contribution in [1.82, 2.24) is 14.9 Å². The van der Waals surface area contributed by atoms with Gasteiger partial charge in [-0.1, -0.05) is 24.3 Å². The second-order valence-corrected chi connectivity index (χ2v) is 8.82. The number of hydrogen-bond acceptors (Lipinski definition) is 6. The van der Waals surface area contributed by atoms with Crippen LogP contribution in [0.1, 0.15) is 29.6 Å². The summed E-state index contributed by atoms with van der Waals surface area (Å²) in [6.07, 6.45) is 6.27. The smallest absolute Gasteiger partial charge is 0.260 e. The lowest BCUT2D eigenvalue weighted by Gasteiger charge is -2.36. The summed E-state index contributed by atoms with van der Waals surface area (Å²) in [6, 6.07) is 8.23. The summed E-state index contributed by atoms with van der Waals surface area (Å²) in [5.41, 5.74) is 2.22. The lowest BCUT2D eigenvalue weighted by molar-refractivity contribution is 0.243. The molecule has 0 spiro atoms. The average molecular weight is 423 g/mol. The molecule has 2 aromatic heterocycles. The van der Waals surface area contributed by atoms with E-state index in [2.05, 4.69) is 39.1 Å². The standard InChI is InChI=1S/C23H26N4O2S/c1-2-29-18-9-5-4-8-17(18)27-13-11-26(12-14-27)15-20-24-22(28)21-16-7-3-6-10-19(16)30-23(21)25-20/h3-5,7-9H,2,6,10-15H2,1H3,(H,24,25,28). The van der Waals surface area contributed by atoms with Gasteiger partial charge in [-0.3, -0.25) is 9.69 Å². The van der Waals surface area contributed by atoms with Crippen LogP contribution >= 0.6 is 11.3 Å². The quantitative estimate of drug-likeness (QED) is 0.680. The molecular formula is C23H26N4O2S. The van der Waals surface area contributed by atoms with Gasteiger partial charge in [0.25, 0.3) is 5.56 Å². The predicted molar refractivity (Wildman–Crippen MR) is 123 cm³/mol. The Morgan fingerprint density at radius 1 is 1.20 bits per heavy atom. The number of nitrogens with zero attached hydrogens (tertiary/aromatic N) is 3. The van der Waals surface area contributed by atoms with Crippen LogP contribution in [0.2, 0.25) is 0 Å². The third kappa shape index (κ3) is 3.63. The minimum Gasteiger partial charge on any atom is -0.492 e. The maximum atomic E-state index is 12.7. The van der Waals surface area contributed by atoms with Crippen molar-refractivity contribution in [3.63, 3.8) is 0 Å². The molecule has 6 nitrogen and oxygen atoms in total. The van der Waals surface area contributed by atoms with Gasteiger partial charge in [-0.2, -0.15) is 0 Å². The number of allylic oxidation sites excluding steroid dienone is 1. The summed E-state index contributed by atoms with van der Waals surface area (Å²) < 4.78 is 5.79. The molecule has 1 saturated heterocycles. The lowest BCUT2D eigenvalue weighted by atomic mass is 10.0. The highest BCUT2D eigenvalue weighted by atomic mass is 32.1. The van der Waals surface area contributed by atoms with E-state index in [1.807, 2.05) is 19.1 Å². The second kappa shape index (κ2) is 8.24. The summed E-state index contributed by atoms with van der Waals surface area (Å²) in [4.78, 5) is 27.5. The van der Waals surface area contributed by atoms with Crippen molar-refractivity contribution in [3.05, 3.63) is 57.0 Å². The van der Waals surface area contributed by atoms with Crippen molar-refractivity contribution in [3.8, 4) is 5.75 Å². The third-order valence-electron chi connectivity index (χ3n) is 5.80. The van der Waals surface area contributed by atoms with Gasteiger partial charge >= 0.3 is 0 Å². The number of ether oxygens (including phenoxy) is 1. The molecule has 5 rings (SSSR count). The number of thiophene rings is 1. The Labute approximate surface area is 179 Å². The van der Waals surface area contributed by atoms with Gasteiger partial charge in [-0.05, 0) is 31.9 Å². The van der Waals surface area contributed by atoms with Crippen LogP contribution in [0, 0.1) is 0 Å². The van der Waals surface area contributed by atoms with Gasteiger partial charge in [0.2, 0.25) is 0 Å². The summed E-state index contributed by atoms with van der Waals surface area (Å²) in [7, 11) is 0. The van der Waals surface area contributed by atoms with Crippen LogP contribution in [0.3, 0.4) is 0 Å². The fourth-order valence-corrected chi connectivity index (χ4v) is 5.52. The van der Waals surface area contributed by atoms with Gasteiger partial charge in [0.15, 0.2) is 0 Å². The zero-order valence-electron chi connectivity index (χ0n) is 17.2. The molecule has 1 fully saturated rings. The summed E-state index contributed by atoms with van der Waals surface area (Å²) in [5.74, 6) is 1.71. The highest BCUT2D eigenvalue weighted by Crippen LogP contribution is 2.33. The van der Waals surface area contributed by atoms with E-state index in [1.165, 1.54) is 4.88 Å². The molecular weight excluding hydrogens is 396 g/mol. The third-order valence-corrected chi connectivity index (χ3v) is 6.96. The van der Waals surface area contributed by atoms with E-state index < -0.39 is 0 Å². The van der Waals surface area contributed by atoms with E-state index in [1.54, 1.807) is 11.3 Å². The fraction of sp³-hybridized carbons (Fsp3) is 0.391. The SMILES string of the molecule is CCOc1ccccc1N1CCN(Cc2nc3sc4c(c3c(=O)[nH]2)C=CCC4)CC1. The Morgan fingerprint density at radius 3 is 2.87 bits per heavy atom. The van der Waals surface area contributed by atoms with Crippen molar-refractivity contribution in [2.45, 2.75) is 26.3 Å². The summed E-state index contributed by atoms with van der Waals surface area (Å²) >= 11 is 1.67. The molecule has 0 saturated carbocycles. The van der Waals surface area contributed by atoms with Crippen molar-refractivity contribution in [1.29, 1.82) is 0 Å². The molecule has 1 aliphatic heterocycles. The minimum absolute atomic E-state index is 0.0108. The molecule has 0 atom stereocenters. The zero-order chi connectivity index (χ0) is 20.5. The molecule has 2 aliphatic rings. The van der Waals surface area contributed by atoms with Gasteiger partial charge in [-0.25, -0.2) is 4.98 Å². The topological polar surface area (TPSA) is 61.5 Å². The Hall–Kier alpha value is -2.64. The molecule has 156 valence electrons. The number of nitrogens with one attached hydrogen (secondary N) is 1. The van der Waals surface area contributed by atoms with Crippen molar-refractivity contribution >= 4 is 33.3 Å². The molecule has 1 aromatic carbocycles. The van der Waals surface area contributed by atoms with Crippen molar-refractivity contribution < 1.29 is 4.74 Å². The van der Waals surface area contributed by atoms with Crippen molar-refractivity contribution in [2.24, 2.45) is 0 Å². The van der Waals surface area contributed by atoms with Gasteiger partial charge in [0.05, 0.1) is 24.2 Å². The highest BCUT2D eigenvalue weighted by Gasteiger charge is 2.22. The molecule has 3 heterocycles. The normalized spacial score (nSPS) is 16.8. The van der Waals surface area contributed by atoms with Gasteiger partial charge < -0.3 is 14.6 Å². The van der Waals surface area contributed by atoms with Crippen LogP contribution in [-0.4, -0.2) is 47.7 Å². The molecule has 30 heavy (non-hydrogen) atoms. The van der Waals surface area contributed by atoms with E-state index in [4.69, 9.17) is 9.72 Å². The maximum Gasteiger partial charge on any atom is 0.260 e. The monoisotopic (exact) mass is 422 g/mol. The number of rotatable bonds is 5. The first-order valence-corrected chi connectivity index (χ1v) is 11.4. The number of fused-ring (bicyclic) bond motifs is 3. The Balaban J connectivity index is 1.30. The first kappa shape index (κ1) is 19.3. The molecule has 0 radical (unpaired) electrons. The molecule has 0 bridgehead atoms. The lowest BCUT2D eigenvalue weighted by Crippen LogP contribution is -2.46. The Morgan fingerprint density at radius 2 is 2.03 bits per heavy atom. The first-order valence-electron chi connectivity index (χ1n) is 10.6. The number of aromatic amines is 1.